The molecule has 2 aromatic heterocycles. The van der Waals surface area contributed by atoms with Gasteiger partial charge in [-0.05, 0) is 24.6 Å². The van der Waals surface area contributed by atoms with E-state index in [1.54, 1.807) is 0 Å². The maximum absolute atomic E-state index is 6.17. The Morgan fingerprint density at radius 2 is 1.88 bits per heavy atom. The number of aryl methyl sites for hydroxylation is 1. The summed E-state index contributed by atoms with van der Waals surface area (Å²) in [6.07, 6.45) is 1.49. The van der Waals surface area contributed by atoms with E-state index >= 15 is 0 Å². The second-order valence-electron chi connectivity index (χ2n) is 5.39. The first-order valence-electron chi connectivity index (χ1n) is 7.41. The summed E-state index contributed by atoms with van der Waals surface area (Å²) in [7, 11) is 0. The van der Waals surface area contributed by atoms with Crippen molar-refractivity contribution in [1.82, 2.24) is 15.1 Å². The summed E-state index contributed by atoms with van der Waals surface area (Å²) < 4.78 is 5.49. The number of benzene rings is 2. The maximum atomic E-state index is 6.17. The molecule has 0 saturated carbocycles. The molecule has 0 aliphatic rings. The molecule has 4 rings (SSSR count). The molecule has 0 fully saturated rings. The van der Waals surface area contributed by atoms with E-state index in [1.165, 1.54) is 6.33 Å². The number of hydrogen-bond donors (Lipinski definition) is 1. The van der Waals surface area contributed by atoms with Crippen LogP contribution >= 0.6 is 11.6 Å². The molecule has 0 saturated heterocycles. The van der Waals surface area contributed by atoms with Crippen LogP contribution in [-0.4, -0.2) is 15.1 Å². The van der Waals surface area contributed by atoms with E-state index in [0.29, 0.717) is 27.6 Å². The van der Waals surface area contributed by atoms with Gasteiger partial charge in [0.25, 0.3) is 0 Å². The van der Waals surface area contributed by atoms with Crippen LogP contribution in [0.15, 0.2) is 59.4 Å². The van der Waals surface area contributed by atoms with Crippen LogP contribution in [0.3, 0.4) is 0 Å². The lowest BCUT2D eigenvalue weighted by atomic mass is 10.1. The van der Waals surface area contributed by atoms with Crippen molar-refractivity contribution in [3.05, 3.63) is 65.4 Å². The van der Waals surface area contributed by atoms with E-state index in [9.17, 15) is 0 Å². The van der Waals surface area contributed by atoms with E-state index in [4.69, 9.17) is 16.1 Å². The van der Waals surface area contributed by atoms with E-state index in [1.807, 2.05) is 55.5 Å². The molecule has 118 valence electrons. The topological polar surface area (TPSA) is 63.8 Å². The monoisotopic (exact) mass is 336 g/mol. The molecular formula is C18H13ClN4O. The Kier molecular flexibility index (Phi) is 3.63. The summed E-state index contributed by atoms with van der Waals surface area (Å²) in [4.78, 5) is 8.58. The second-order valence-corrected chi connectivity index (χ2v) is 5.79. The Balaban J connectivity index is 1.77. The van der Waals surface area contributed by atoms with Gasteiger partial charge in [0.2, 0.25) is 5.58 Å². The van der Waals surface area contributed by atoms with Gasteiger partial charge in [-0.2, -0.15) is 0 Å². The summed E-state index contributed by atoms with van der Waals surface area (Å²) in [5.41, 5.74) is 4.64. The van der Waals surface area contributed by atoms with Crippen molar-refractivity contribution >= 4 is 34.2 Å². The number of anilines is 2. The van der Waals surface area contributed by atoms with Crippen LogP contribution in [0.25, 0.3) is 22.4 Å². The zero-order valence-corrected chi connectivity index (χ0v) is 13.6. The lowest BCUT2D eigenvalue weighted by molar-refractivity contribution is 0.459. The van der Waals surface area contributed by atoms with E-state index in [-0.39, 0.29) is 0 Å². The van der Waals surface area contributed by atoms with Crippen LogP contribution in [-0.2, 0) is 0 Å². The minimum absolute atomic E-state index is 0.507. The number of nitrogens with one attached hydrogen (secondary N) is 1. The largest absolute Gasteiger partial charge is 0.350 e. The van der Waals surface area contributed by atoms with Crippen molar-refractivity contribution < 1.29 is 4.52 Å². The third-order valence-electron chi connectivity index (χ3n) is 3.74. The fraction of sp³-hybridized carbons (Fsp3) is 0.0556. The van der Waals surface area contributed by atoms with Crippen LogP contribution in [0.4, 0.5) is 11.5 Å². The predicted molar refractivity (Wildman–Crippen MR) is 94.5 cm³/mol. The average Bonchev–Trinajstić information content (AvgIpc) is 3.04. The van der Waals surface area contributed by atoms with Gasteiger partial charge >= 0.3 is 0 Å². The molecule has 6 heteroatoms. The van der Waals surface area contributed by atoms with Gasteiger partial charge in [-0.25, -0.2) is 9.97 Å². The molecule has 0 atom stereocenters. The minimum atomic E-state index is 0.507. The van der Waals surface area contributed by atoms with Crippen molar-refractivity contribution in [2.75, 3.05) is 5.32 Å². The molecule has 5 nitrogen and oxygen atoms in total. The molecule has 2 aromatic carbocycles. The van der Waals surface area contributed by atoms with E-state index in [2.05, 4.69) is 20.4 Å². The number of aromatic nitrogens is 3. The number of halogens is 1. The summed E-state index contributed by atoms with van der Waals surface area (Å²) in [5.74, 6) is 0.551. The van der Waals surface area contributed by atoms with Gasteiger partial charge in [0.1, 0.15) is 17.5 Å². The molecule has 24 heavy (non-hydrogen) atoms. The summed E-state index contributed by atoms with van der Waals surface area (Å²) in [5, 5.41) is 8.05. The lowest BCUT2D eigenvalue weighted by Crippen LogP contribution is -1.95. The van der Waals surface area contributed by atoms with Crippen LogP contribution in [0.5, 0.6) is 0 Å². The maximum Gasteiger partial charge on any atom is 0.228 e. The zero-order chi connectivity index (χ0) is 16.5. The molecule has 0 bridgehead atoms. The molecule has 1 N–H and O–H groups in total. The normalized spacial score (nSPS) is 10.9. The highest BCUT2D eigenvalue weighted by atomic mass is 35.5. The number of rotatable bonds is 3. The zero-order valence-electron chi connectivity index (χ0n) is 12.8. The van der Waals surface area contributed by atoms with Crippen molar-refractivity contribution in [2.45, 2.75) is 6.92 Å². The van der Waals surface area contributed by atoms with Crippen LogP contribution in [0.1, 0.15) is 5.56 Å². The quantitative estimate of drug-likeness (QED) is 0.571. The van der Waals surface area contributed by atoms with Crippen LogP contribution < -0.4 is 5.32 Å². The predicted octanol–water partition coefficient (Wildman–Crippen LogP) is 4.99. The van der Waals surface area contributed by atoms with Gasteiger partial charge in [-0.15, -0.1) is 0 Å². The fourth-order valence-electron chi connectivity index (χ4n) is 2.45. The summed E-state index contributed by atoms with van der Waals surface area (Å²) >= 11 is 6.17. The first kappa shape index (κ1) is 14.7. The lowest BCUT2D eigenvalue weighted by Gasteiger charge is -2.06. The molecular weight excluding hydrogens is 324 g/mol. The highest BCUT2D eigenvalue weighted by Crippen LogP contribution is 2.31. The van der Waals surface area contributed by atoms with E-state index < -0.39 is 0 Å². The van der Waals surface area contributed by atoms with Crippen molar-refractivity contribution in [3.63, 3.8) is 0 Å². The molecule has 0 spiro atoms. The second kappa shape index (κ2) is 5.94. The molecule has 0 aliphatic heterocycles. The van der Waals surface area contributed by atoms with Gasteiger partial charge in [0.15, 0.2) is 5.82 Å². The molecule has 0 amide bonds. The smallest absolute Gasteiger partial charge is 0.228 e. The average molecular weight is 337 g/mol. The summed E-state index contributed by atoms with van der Waals surface area (Å²) in [6.45, 7) is 1.96. The number of fused-ring (bicyclic) bond motifs is 1. The van der Waals surface area contributed by atoms with E-state index in [0.717, 1.165) is 16.8 Å². The van der Waals surface area contributed by atoms with Crippen LogP contribution in [0.2, 0.25) is 5.02 Å². The van der Waals surface area contributed by atoms with Gasteiger partial charge in [0.05, 0.1) is 0 Å². The van der Waals surface area contributed by atoms with Gasteiger partial charge in [-0.3, -0.25) is 0 Å². The van der Waals surface area contributed by atoms with Crippen molar-refractivity contribution in [3.8, 4) is 11.3 Å². The minimum Gasteiger partial charge on any atom is -0.350 e. The van der Waals surface area contributed by atoms with Gasteiger partial charge in [0, 0.05) is 16.3 Å². The Bertz CT molecular complexity index is 1010. The first-order valence-corrected chi connectivity index (χ1v) is 7.79. The summed E-state index contributed by atoms with van der Waals surface area (Å²) in [6, 6.07) is 15.5. The first-order chi connectivity index (χ1) is 11.7. The molecule has 4 aromatic rings. The number of hydrogen-bond acceptors (Lipinski definition) is 5. The fourth-order valence-corrected chi connectivity index (χ4v) is 2.63. The Morgan fingerprint density at radius 1 is 1.04 bits per heavy atom. The number of nitrogens with zero attached hydrogens (tertiary/aromatic N) is 3. The van der Waals surface area contributed by atoms with Crippen molar-refractivity contribution in [1.29, 1.82) is 0 Å². The van der Waals surface area contributed by atoms with Gasteiger partial charge in [-0.1, -0.05) is 53.2 Å². The molecule has 0 aliphatic carbocycles. The molecule has 0 unspecified atom stereocenters. The standard InChI is InChI=1S/C18H13ClN4O/c1-11-7-8-13(9-14(11)19)22-18-17-16(20-10-21-18)15(23-24-17)12-5-3-2-4-6-12/h2-10H,1H3,(H,20,21,22). The van der Waals surface area contributed by atoms with Crippen molar-refractivity contribution in [2.24, 2.45) is 0 Å². The van der Waals surface area contributed by atoms with Gasteiger partial charge < -0.3 is 9.84 Å². The highest BCUT2D eigenvalue weighted by Gasteiger charge is 2.16. The SMILES string of the molecule is Cc1ccc(Nc2ncnc3c(-c4ccccc4)noc23)cc1Cl. The Labute approximate surface area is 143 Å². The van der Waals surface area contributed by atoms with Crippen LogP contribution in [0, 0.1) is 6.92 Å². The third-order valence-corrected chi connectivity index (χ3v) is 4.15. The highest BCUT2D eigenvalue weighted by molar-refractivity contribution is 6.31. The third kappa shape index (κ3) is 2.59. The molecule has 0 radical (unpaired) electrons. The molecule has 2 heterocycles. The Morgan fingerprint density at radius 3 is 2.67 bits per heavy atom. The Hall–Kier alpha value is -2.92.